The monoisotopic (exact) mass is 384 g/mol. The molecule has 1 heterocycles. The second-order valence-electron chi connectivity index (χ2n) is 6.19. The number of rotatable bonds is 5. The van der Waals surface area contributed by atoms with Gasteiger partial charge in [-0.2, -0.15) is 0 Å². The van der Waals surface area contributed by atoms with Gasteiger partial charge in [-0.15, -0.1) is 0 Å². The lowest BCUT2D eigenvalue weighted by atomic mass is 10.1. The molecule has 0 aliphatic carbocycles. The van der Waals surface area contributed by atoms with E-state index in [-0.39, 0.29) is 12.1 Å². The molecule has 0 bridgehead atoms. The molecular weight excluding hydrogens is 360 g/mol. The second-order valence-corrected chi connectivity index (χ2v) is 7.04. The fourth-order valence-electron chi connectivity index (χ4n) is 3.13. The standard InChI is InChI=1S/C17H25BrN2O3/c1-12-10-19(17(21)22)11-13(2)20(12)8-5-9-23-16-7-4-6-15(18)14(16)3/h4,6-7,12-13H,5,8-11H2,1-3H3,(H,21,22)/t12-,13+. The van der Waals surface area contributed by atoms with Crippen LogP contribution in [0.1, 0.15) is 25.8 Å². The van der Waals surface area contributed by atoms with Gasteiger partial charge in [0.1, 0.15) is 5.75 Å². The smallest absolute Gasteiger partial charge is 0.407 e. The maximum atomic E-state index is 11.1. The van der Waals surface area contributed by atoms with Crippen LogP contribution in [0.15, 0.2) is 22.7 Å². The van der Waals surface area contributed by atoms with Crippen molar-refractivity contribution in [1.82, 2.24) is 9.80 Å². The van der Waals surface area contributed by atoms with E-state index in [2.05, 4.69) is 34.7 Å². The number of carbonyl (C=O) groups is 1. The summed E-state index contributed by atoms with van der Waals surface area (Å²) in [5, 5.41) is 9.13. The Hall–Kier alpha value is -1.27. The van der Waals surface area contributed by atoms with Crippen molar-refractivity contribution in [2.45, 2.75) is 39.3 Å². The van der Waals surface area contributed by atoms with Crippen LogP contribution in [-0.2, 0) is 0 Å². The summed E-state index contributed by atoms with van der Waals surface area (Å²) in [4.78, 5) is 15.0. The first-order chi connectivity index (χ1) is 10.9. The summed E-state index contributed by atoms with van der Waals surface area (Å²) in [5.74, 6) is 0.913. The van der Waals surface area contributed by atoms with Crippen LogP contribution in [0.2, 0.25) is 0 Å². The minimum atomic E-state index is -0.822. The molecule has 1 aromatic rings. The molecule has 5 nitrogen and oxygen atoms in total. The van der Waals surface area contributed by atoms with E-state index < -0.39 is 6.09 Å². The number of hydrogen-bond donors (Lipinski definition) is 1. The van der Waals surface area contributed by atoms with E-state index in [0.717, 1.165) is 28.8 Å². The number of halogens is 1. The number of carboxylic acid groups (broad SMARTS) is 1. The number of amides is 1. The topological polar surface area (TPSA) is 53.0 Å². The Labute approximate surface area is 146 Å². The zero-order valence-electron chi connectivity index (χ0n) is 14.0. The van der Waals surface area contributed by atoms with Gasteiger partial charge in [-0.25, -0.2) is 4.79 Å². The molecule has 1 aromatic carbocycles. The lowest BCUT2D eigenvalue weighted by Gasteiger charge is -2.43. The number of piperazine rings is 1. The average Bonchev–Trinajstić information content (AvgIpc) is 2.49. The summed E-state index contributed by atoms with van der Waals surface area (Å²) < 4.78 is 6.93. The van der Waals surface area contributed by atoms with E-state index in [1.54, 1.807) is 0 Å². The first-order valence-electron chi connectivity index (χ1n) is 8.01. The molecule has 23 heavy (non-hydrogen) atoms. The van der Waals surface area contributed by atoms with E-state index in [4.69, 9.17) is 9.84 Å². The third kappa shape index (κ3) is 4.61. The summed E-state index contributed by atoms with van der Waals surface area (Å²) >= 11 is 3.51. The Balaban J connectivity index is 1.80. The van der Waals surface area contributed by atoms with Gasteiger partial charge in [-0.05, 0) is 39.3 Å². The molecule has 0 unspecified atom stereocenters. The summed E-state index contributed by atoms with van der Waals surface area (Å²) in [6.45, 7) is 8.94. The molecule has 1 saturated heterocycles. The van der Waals surface area contributed by atoms with Crippen LogP contribution in [0.25, 0.3) is 0 Å². The average molecular weight is 385 g/mol. The highest BCUT2D eigenvalue weighted by molar-refractivity contribution is 9.10. The first-order valence-corrected chi connectivity index (χ1v) is 8.81. The Morgan fingerprint density at radius 3 is 2.61 bits per heavy atom. The Morgan fingerprint density at radius 2 is 2.00 bits per heavy atom. The van der Waals surface area contributed by atoms with Crippen LogP contribution in [0.3, 0.4) is 0 Å². The fourth-order valence-corrected chi connectivity index (χ4v) is 3.47. The van der Waals surface area contributed by atoms with Gasteiger partial charge in [0.2, 0.25) is 0 Å². The van der Waals surface area contributed by atoms with Crippen molar-refractivity contribution in [3.05, 3.63) is 28.2 Å². The number of ether oxygens (including phenoxy) is 1. The third-order valence-corrected chi connectivity index (χ3v) is 5.27. The summed E-state index contributed by atoms with van der Waals surface area (Å²) in [5.41, 5.74) is 1.12. The van der Waals surface area contributed by atoms with Crippen molar-refractivity contribution in [2.75, 3.05) is 26.2 Å². The summed E-state index contributed by atoms with van der Waals surface area (Å²) in [6.07, 6.45) is 0.102. The van der Waals surface area contributed by atoms with Crippen molar-refractivity contribution in [3.63, 3.8) is 0 Å². The molecule has 1 aliphatic rings. The Kier molecular flexibility index (Phi) is 6.30. The number of benzene rings is 1. The Morgan fingerprint density at radius 1 is 1.35 bits per heavy atom. The lowest BCUT2D eigenvalue weighted by Crippen LogP contribution is -2.58. The molecule has 0 saturated carbocycles. The van der Waals surface area contributed by atoms with Gasteiger partial charge in [0.15, 0.2) is 0 Å². The highest BCUT2D eigenvalue weighted by atomic mass is 79.9. The normalized spacial score (nSPS) is 22.2. The molecule has 1 amide bonds. The van der Waals surface area contributed by atoms with E-state index in [1.165, 1.54) is 4.90 Å². The molecule has 0 radical (unpaired) electrons. The van der Waals surface area contributed by atoms with E-state index in [9.17, 15) is 4.79 Å². The number of hydrogen-bond acceptors (Lipinski definition) is 3. The predicted molar refractivity (Wildman–Crippen MR) is 94.2 cm³/mol. The minimum Gasteiger partial charge on any atom is -0.493 e. The maximum Gasteiger partial charge on any atom is 0.407 e. The molecule has 1 N–H and O–H groups in total. The molecule has 1 aliphatic heterocycles. The van der Waals surface area contributed by atoms with Crippen molar-refractivity contribution in [3.8, 4) is 5.75 Å². The van der Waals surface area contributed by atoms with Crippen LogP contribution in [0.5, 0.6) is 5.75 Å². The molecular formula is C17H25BrN2O3. The zero-order chi connectivity index (χ0) is 17.0. The van der Waals surface area contributed by atoms with Crippen molar-refractivity contribution >= 4 is 22.0 Å². The van der Waals surface area contributed by atoms with Gasteiger partial charge in [0.05, 0.1) is 6.61 Å². The molecule has 128 valence electrons. The highest BCUT2D eigenvalue weighted by Crippen LogP contribution is 2.25. The van der Waals surface area contributed by atoms with Crippen LogP contribution >= 0.6 is 15.9 Å². The molecule has 0 aromatic heterocycles. The van der Waals surface area contributed by atoms with Crippen LogP contribution < -0.4 is 4.74 Å². The summed E-state index contributed by atoms with van der Waals surface area (Å²) in [6, 6.07) is 6.44. The molecule has 1 fully saturated rings. The van der Waals surface area contributed by atoms with Crippen molar-refractivity contribution in [2.24, 2.45) is 0 Å². The van der Waals surface area contributed by atoms with Gasteiger partial charge < -0.3 is 14.7 Å². The largest absolute Gasteiger partial charge is 0.493 e. The molecule has 0 spiro atoms. The second kappa shape index (κ2) is 8.02. The van der Waals surface area contributed by atoms with E-state index >= 15 is 0 Å². The SMILES string of the molecule is Cc1c(Br)cccc1OCCCN1[C@H](C)CN(C(=O)O)C[C@@H]1C. The van der Waals surface area contributed by atoms with Crippen LogP contribution in [0, 0.1) is 6.92 Å². The lowest BCUT2D eigenvalue weighted by molar-refractivity contribution is 0.0372. The third-order valence-electron chi connectivity index (χ3n) is 4.41. The van der Waals surface area contributed by atoms with Gasteiger partial charge in [0, 0.05) is 41.8 Å². The molecule has 6 heteroatoms. The fraction of sp³-hybridized carbons (Fsp3) is 0.588. The molecule has 2 rings (SSSR count). The van der Waals surface area contributed by atoms with Crippen LogP contribution in [0.4, 0.5) is 4.79 Å². The predicted octanol–water partition coefficient (Wildman–Crippen LogP) is 3.60. The maximum absolute atomic E-state index is 11.1. The number of nitrogens with zero attached hydrogens (tertiary/aromatic N) is 2. The zero-order valence-corrected chi connectivity index (χ0v) is 15.5. The van der Waals surface area contributed by atoms with Crippen molar-refractivity contribution < 1.29 is 14.6 Å². The van der Waals surface area contributed by atoms with Gasteiger partial charge in [0.25, 0.3) is 0 Å². The van der Waals surface area contributed by atoms with E-state index in [0.29, 0.717) is 19.7 Å². The summed E-state index contributed by atoms with van der Waals surface area (Å²) in [7, 11) is 0. The van der Waals surface area contributed by atoms with Gasteiger partial charge in [-0.3, -0.25) is 4.90 Å². The minimum absolute atomic E-state index is 0.238. The first kappa shape index (κ1) is 18.1. The van der Waals surface area contributed by atoms with Gasteiger partial charge >= 0.3 is 6.09 Å². The van der Waals surface area contributed by atoms with Crippen LogP contribution in [-0.4, -0.2) is 59.3 Å². The van der Waals surface area contributed by atoms with E-state index in [1.807, 2.05) is 25.1 Å². The van der Waals surface area contributed by atoms with Gasteiger partial charge in [-0.1, -0.05) is 22.0 Å². The Bertz CT molecular complexity index is 541. The van der Waals surface area contributed by atoms with Crippen molar-refractivity contribution in [1.29, 1.82) is 0 Å². The quantitative estimate of drug-likeness (QED) is 0.787. The highest BCUT2D eigenvalue weighted by Gasteiger charge is 2.31. The molecule has 2 atom stereocenters.